The van der Waals surface area contributed by atoms with Gasteiger partial charge in [-0.15, -0.1) is 0 Å². The van der Waals surface area contributed by atoms with E-state index >= 15 is 0 Å². The molecule has 1 atom stereocenters. The molecule has 2 rings (SSSR count). The van der Waals surface area contributed by atoms with Gasteiger partial charge in [0.2, 0.25) is 0 Å². The van der Waals surface area contributed by atoms with Gasteiger partial charge in [0.1, 0.15) is 5.82 Å². The fraction of sp³-hybridized carbons (Fsp3) is 0.647. The van der Waals surface area contributed by atoms with Crippen molar-refractivity contribution < 1.29 is 9.90 Å². The van der Waals surface area contributed by atoms with Gasteiger partial charge in [0.15, 0.2) is 0 Å². The Bertz CT molecular complexity index is 513. The van der Waals surface area contributed by atoms with Crippen LogP contribution in [0.5, 0.6) is 0 Å². The Kier molecular flexibility index (Phi) is 6.36. The van der Waals surface area contributed by atoms with Crippen molar-refractivity contribution in [3.8, 4) is 0 Å². The molecule has 0 bridgehead atoms. The summed E-state index contributed by atoms with van der Waals surface area (Å²) in [5, 5.41) is 12.9. The number of hydrogen-bond donors (Lipinski definition) is 2. The van der Waals surface area contributed by atoms with E-state index in [0.717, 1.165) is 24.8 Å². The largest absolute Gasteiger partial charge is 0.390 e. The lowest BCUT2D eigenvalue weighted by molar-refractivity contribution is 0.0795. The second kappa shape index (κ2) is 8.26. The van der Waals surface area contributed by atoms with E-state index in [2.05, 4.69) is 22.1 Å². The van der Waals surface area contributed by atoms with Crippen LogP contribution in [0.25, 0.3) is 0 Å². The van der Waals surface area contributed by atoms with Crippen LogP contribution in [-0.4, -0.2) is 67.3 Å². The van der Waals surface area contributed by atoms with Gasteiger partial charge < -0.3 is 20.2 Å². The first-order valence-corrected chi connectivity index (χ1v) is 8.27. The van der Waals surface area contributed by atoms with E-state index in [0.29, 0.717) is 12.1 Å². The highest BCUT2D eigenvalue weighted by Crippen LogP contribution is 2.16. The molecule has 1 saturated heterocycles. The van der Waals surface area contributed by atoms with Crippen molar-refractivity contribution in [1.82, 2.24) is 15.2 Å². The molecule has 6 nitrogen and oxygen atoms in total. The molecule has 0 radical (unpaired) electrons. The third-order valence-corrected chi connectivity index (χ3v) is 4.31. The van der Waals surface area contributed by atoms with Gasteiger partial charge in [-0.3, -0.25) is 4.79 Å². The summed E-state index contributed by atoms with van der Waals surface area (Å²) in [6.07, 6.45) is 3.45. The topological polar surface area (TPSA) is 68.7 Å². The summed E-state index contributed by atoms with van der Waals surface area (Å²) in [6, 6.07) is 3.43. The molecule has 6 heteroatoms. The normalized spacial score (nSPS) is 17.7. The Balaban J connectivity index is 1.78. The maximum atomic E-state index is 12.2. The molecule has 23 heavy (non-hydrogen) atoms. The highest BCUT2D eigenvalue weighted by Gasteiger charge is 2.18. The van der Waals surface area contributed by atoms with Crippen molar-refractivity contribution in [3.63, 3.8) is 0 Å². The number of nitrogens with one attached hydrogen (secondary N) is 1. The molecule has 0 spiro atoms. The summed E-state index contributed by atoms with van der Waals surface area (Å²) in [7, 11) is 3.76. The van der Waals surface area contributed by atoms with Gasteiger partial charge in [0, 0.05) is 38.9 Å². The summed E-state index contributed by atoms with van der Waals surface area (Å²) in [5.74, 6) is 1.34. The fourth-order valence-electron chi connectivity index (χ4n) is 2.72. The van der Waals surface area contributed by atoms with Crippen LogP contribution in [0.15, 0.2) is 18.3 Å². The van der Waals surface area contributed by atoms with Crippen molar-refractivity contribution in [2.45, 2.75) is 25.9 Å². The highest BCUT2D eigenvalue weighted by atomic mass is 16.3. The molecule has 1 aromatic heterocycles. The third-order valence-electron chi connectivity index (χ3n) is 4.31. The number of aliphatic hydroxyl groups excluding tert-OH is 1. The van der Waals surface area contributed by atoms with Crippen LogP contribution < -0.4 is 10.2 Å². The lowest BCUT2D eigenvalue weighted by Crippen LogP contribution is -2.43. The molecular formula is C17H28N4O2. The number of aliphatic hydroxyl groups is 1. The molecule has 2 N–H and O–H groups in total. The zero-order valence-corrected chi connectivity index (χ0v) is 14.3. The summed E-state index contributed by atoms with van der Waals surface area (Å²) in [5.41, 5.74) is 0.558. The number of nitrogens with zero attached hydrogens (tertiary/aromatic N) is 3. The molecule has 1 unspecified atom stereocenters. The van der Waals surface area contributed by atoms with E-state index in [9.17, 15) is 9.90 Å². The number of β-amino-alcohol motifs (C(OH)–C–C–N with tert-alkyl or cyclic N) is 1. The monoisotopic (exact) mass is 320 g/mol. The van der Waals surface area contributed by atoms with Gasteiger partial charge in [-0.2, -0.15) is 0 Å². The van der Waals surface area contributed by atoms with Gasteiger partial charge in [0.25, 0.3) is 5.91 Å². The van der Waals surface area contributed by atoms with Crippen LogP contribution in [0.2, 0.25) is 0 Å². The number of piperidine rings is 1. The SMILES string of the molecule is CC1CCN(CC(O)CNC(=O)c2ccnc(N(C)C)c2)CC1. The van der Waals surface area contributed by atoms with E-state index in [-0.39, 0.29) is 12.5 Å². The first kappa shape index (κ1) is 17.7. The Morgan fingerprint density at radius 2 is 2.17 bits per heavy atom. The van der Waals surface area contributed by atoms with Crippen LogP contribution in [0.1, 0.15) is 30.1 Å². The second-order valence-corrected chi connectivity index (χ2v) is 6.64. The first-order chi connectivity index (χ1) is 11.0. The smallest absolute Gasteiger partial charge is 0.251 e. The van der Waals surface area contributed by atoms with Crippen LogP contribution >= 0.6 is 0 Å². The average Bonchev–Trinajstić information content (AvgIpc) is 2.55. The number of anilines is 1. The Labute approximate surface area is 138 Å². The molecule has 1 aliphatic heterocycles. The highest BCUT2D eigenvalue weighted by molar-refractivity contribution is 5.94. The third kappa shape index (κ3) is 5.48. The number of carbonyl (C=O) groups is 1. The fourth-order valence-corrected chi connectivity index (χ4v) is 2.72. The molecule has 1 fully saturated rings. The van der Waals surface area contributed by atoms with Gasteiger partial charge in [-0.1, -0.05) is 6.92 Å². The molecule has 128 valence electrons. The van der Waals surface area contributed by atoms with E-state index in [1.165, 1.54) is 12.8 Å². The zero-order chi connectivity index (χ0) is 16.8. The first-order valence-electron chi connectivity index (χ1n) is 8.27. The second-order valence-electron chi connectivity index (χ2n) is 6.64. The van der Waals surface area contributed by atoms with Gasteiger partial charge in [-0.25, -0.2) is 4.98 Å². The van der Waals surface area contributed by atoms with Crippen LogP contribution in [0, 0.1) is 5.92 Å². The van der Waals surface area contributed by atoms with Gasteiger partial charge in [0.05, 0.1) is 6.10 Å². The predicted molar refractivity (Wildman–Crippen MR) is 91.7 cm³/mol. The van der Waals surface area contributed by atoms with Crippen LogP contribution in [0.4, 0.5) is 5.82 Å². The van der Waals surface area contributed by atoms with Crippen molar-refractivity contribution in [3.05, 3.63) is 23.9 Å². The van der Waals surface area contributed by atoms with E-state index in [1.54, 1.807) is 18.3 Å². The summed E-state index contributed by atoms with van der Waals surface area (Å²) >= 11 is 0. The van der Waals surface area contributed by atoms with E-state index in [1.807, 2.05) is 19.0 Å². The molecule has 0 saturated carbocycles. The lowest BCUT2D eigenvalue weighted by Gasteiger charge is -2.31. The van der Waals surface area contributed by atoms with Crippen molar-refractivity contribution in [1.29, 1.82) is 0 Å². The zero-order valence-electron chi connectivity index (χ0n) is 14.3. The quantitative estimate of drug-likeness (QED) is 0.817. The molecule has 1 amide bonds. The Hall–Kier alpha value is -1.66. The van der Waals surface area contributed by atoms with Crippen molar-refractivity contribution >= 4 is 11.7 Å². The molecule has 1 aromatic rings. The molecule has 1 aliphatic rings. The van der Waals surface area contributed by atoms with Crippen molar-refractivity contribution in [2.24, 2.45) is 5.92 Å². The number of pyridine rings is 1. The average molecular weight is 320 g/mol. The summed E-state index contributed by atoms with van der Waals surface area (Å²) in [6.45, 7) is 5.22. The molecular weight excluding hydrogens is 292 g/mol. The maximum absolute atomic E-state index is 12.2. The molecule has 0 aliphatic carbocycles. The Morgan fingerprint density at radius 1 is 1.48 bits per heavy atom. The number of amides is 1. The minimum absolute atomic E-state index is 0.179. The maximum Gasteiger partial charge on any atom is 0.251 e. The van der Waals surface area contributed by atoms with Gasteiger partial charge in [-0.05, 0) is 44.0 Å². The molecule has 0 aromatic carbocycles. The predicted octanol–water partition coefficient (Wildman–Crippen LogP) is 0.970. The van der Waals surface area contributed by atoms with Gasteiger partial charge >= 0.3 is 0 Å². The van der Waals surface area contributed by atoms with Crippen LogP contribution in [0.3, 0.4) is 0 Å². The lowest BCUT2D eigenvalue weighted by atomic mass is 9.99. The van der Waals surface area contributed by atoms with E-state index in [4.69, 9.17) is 0 Å². The van der Waals surface area contributed by atoms with Crippen LogP contribution in [-0.2, 0) is 0 Å². The Morgan fingerprint density at radius 3 is 2.83 bits per heavy atom. The molecule has 2 heterocycles. The number of hydrogen-bond acceptors (Lipinski definition) is 5. The number of rotatable bonds is 6. The summed E-state index contributed by atoms with van der Waals surface area (Å²) < 4.78 is 0. The summed E-state index contributed by atoms with van der Waals surface area (Å²) in [4.78, 5) is 20.5. The van der Waals surface area contributed by atoms with E-state index < -0.39 is 6.10 Å². The van der Waals surface area contributed by atoms with Crippen molar-refractivity contribution in [2.75, 3.05) is 45.2 Å². The minimum Gasteiger partial charge on any atom is -0.390 e. The number of likely N-dealkylation sites (tertiary alicyclic amines) is 1. The minimum atomic E-state index is -0.539. The number of aromatic nitrogens is 1. The number of carbonyl (C=O) groups excluding carboxylic acids is 1. The standard InChI is InChI=1S/C17H28N4O2/c1-13-5-8-21(9-6-13)12-15(22)11-19-17(23)14-4-7-18-16(10-14)20(2)3/h4,7,10,13,15,22H,5-6,8-9,11-12H2,1-3H3,(H,19,23).